The molecule has 3 aromatic carbocycles. The molecule has 0 amide bonds. The Balaban J connectivity index is 1.63. The molecule has 0 aromatic heterocycles. The molecule has 0 heterocycles. The van der Waals surface area contributed by atoms with E-state index in [-0.39, 0.29) is 23.6 Å². The third-order valence-electron chi connectivity index (χ3n) is 4.15. The summed E-state index contributed by atoms with van der Waals surface area (Å²) in [5.41, 5.74) is 1.54. The van der Waals surface area contributed by atoms with Crippen LogP contribution in [0.15, 0.2) is 72.8 Å². The predicted molar refractivity (Wildman–Crippen MR) is 105 cm³/mol. The van der Waals surface area contributed by atoms with Gasteiger partial charge < -0.3 is 9.47 Å². The van der Waals surface area contributed by atoms with Crippen LogP contribution in [0.1, 0.15) is 31.8 Å². The number of esters is 2. The third kappa shape index (κ3) is 5.04. The van der Waals surface area contributed by atoms with Crippen molar-refractivity contribution in [1.82, 2.24) is 0 Å². The number of hydrogen-bond acceptors (Lipinski definition) is 6. The van der Waals surface area contributed by atoms with Crippen LogP contribution in [0.4, 0.5) is 5.69 Å². The van der Waals surface area contributed by atoms with Gasteiger partial charge in [-0.2, -0.15) is 0 Å². The van der Waals surface area contributed by atoms with E-state index in [1.54, 1.807) is 6.92 Å². The Labute approximate surface area is 166 Å². The summed E-state index contributed by atoms with van der Waals surface area (Å²) in [7, 11) is 0. The monoisotopic (exact) mass is 391 g/mol. The SMILES string of the molecule is Cc1ccc(C(=O)Oc2ccc(C(=O)OCc3ccccc3)cc2)cc1[N+](=O)[O-]. The Bertz CT molecular complexity index is 1040. The van der Waals surface area contributed by atoms with Crippen LogP contribution < -0.4 is 4.74 Å². The second-order valence-electron chi connectivity index (χ2n) is 6.23. The van der Waals surface area contributed by atoms with E-state index in [2.05, 4.69) is 0 Å². The van der Waals surface area contributed by atoms with Crippen molar-refractivity contribution >= 4 is 17.6 Å². The summed E-state index contributed by atoms with van der Waals surface area (Å²) in [6, 6.07) is 19.3. The summed E-state index contributed by atoms with van der Waals surface area (Å²) in [4.78, 5) is 34.8. The van der Waals surface area contributed by atoms with Gasteiger partial charge in [0.15, 0.2) is 0 Å². The minimum atomic E-state index is -0.729. The van der Waals surface area contributed by atoms with Gasteiger partial charge in [0.05, 0.1) is 16.1 Å². The molecule has 29 heavy (non-hydrogen) atoms. The van der Waals surface area contributed by atoms with Gasteiger partial charge in [0.25, 0.3) is 5.69 Å². The zero-order valence-electron chi connectivity index (χ0n) is 15.5. The Morgan fingerprint density at radius 1 is 0.897 bits per heavy atom. The average Bonchev–Trinajstić information content (AvgIpc) is 2.73. The first-order valence-corrected chi connectivity index (χ1v) is 8.72. The fraction of sp³-hybridized carbons (Fsp3) is 0.0909. The Morgan fingerprint density at radius 3 is 2.21 bits per heavy atom. The Morgan fingerprint density at radius 2 is 1.55 bits per heavy atom. The quantitative estimate of drug-likeness (QED) is 0.266. The fourth-order valence-corrected chi connectivity index (χ4v) is 2.56. The summed E-state index contributed by atoms with van der Waals surface area (Å²) in [5, 5.41) is 11.0. The molecule has 0 radical (unpaired) electrons. The molecule has 7 nitrogen and oxygen atoms in total. The van der Waals surface area contributed by atoms with E-state index >= 15 is 0 Å². The van der Waals surface area contributed by atoms with Crippen molar-refractivity contribution < 1.29 is 24.0 Å². The highest BCUT2D eigenvalue weighted by Crippen LogP contribution is 2.21. The lowest BCUT2D eigenvalue weighted by Crippen LogP contribution is -2.10. The molecule has 3 rings (SSSR count). The number of rotatable bonds is 6. The highest BCUT2D eigenvalue weighted by molar-refractivity contribution is 5.92. The van der Waals surface area contributed by atoms with Crippen molar-refractivity contribution in [2.45, 2.75) is 13.5 Å². The molecular weight excluding hydrogens is 374 g/mol. The van der Waals surface area contributed by atoms with E-state index in [9.17, 15) is 19.7 Å². The zero-order valence-corrected chi connectivity index (χ0v) is 15.5. The largest absolute Gasteiger partial charge is 0.457 e. The van der Waals surface area contributed by atoms with Gasteiger partial charge in [0.1, 0.15) is 12.4 Å². The summed E-state index contributed by atoms with van der Waals surface area (Å²) < 4.78 is 10.5. The Hall–Kier alpha value is -4.00. The molecule has 0 spiro atoms. The van der Waals surface area contributed by atoms with Crippen LogP contribution in [-0.4, -0.2) is 16.9 Å². The molecule has 7 heteroatoms. The van der Waals surface area contributed by atoms with Gasteiger partial charge in [-0.05, 0) is 42.8 Å². The minimum Gasteiger partial charge on any atom is -0.457 e. The van der Waals surface area contributed by atoms with Crippen molar-refractivity contribution in [3.8, 4) is 5.75 Å². The van der Waals surface area contributed by atoms with Crippen molar-refractivity contribution in [1.29, 1.82) is 0 Å². The summed E-state index contributed by atoms with van der Waals surface area (Å²) in [6.45, 7) is 1.74. The van der Waals surface area contributed by atoms with E-state index < -0.39 is 16.9 Å². The van der Waals surface area contributed by atoms with Crippen LogP contribution >= 0.6 is 0 Å². The molecule has 3 aromatic rings. The van der Waals surface area contributed by atoms with Gasteiger partial charge in [0.2, 0.25) is 0 Å². The van der Waals surface area contributed by atoms with Crippen LogP contribution in [0.2, 0.25) is 0 Å². The predicted octanol–water partition coefficient (Wildman–Crippen LogP) is 4.48. The van der Waals surface area contributed by atoms with Crippen LogP contribution in [-0.2, 0) is 11.3 Å². The molecule has 0 bridgehead atoms. The molecule has 0 saturated heterocycles. The number of nitro benzene ring substituents is 1. The second-order valence-corrected chi connectivity index (χ2v) is 6.23. The first-order chi connectivity index (χ1) is 13.9. The third-order valence-corrected chi connectivity index (χ3v) is 4.15. The number of carbonyl (C=O) groups is 2. The van der Waals surface area contributed by atoms with Crippen LogP contribution in [0.5, 0.6) is 5.75 Å². The van der Waals surface area contributed by atoms with E-state index in [0.29, 0.717) is 11.1 Å². The maximum absolute atomic E-state index is 12.2. The number of carbonyl (C=O) groups excluding carboxylic acids is 2. The van der Waals surface area contributed by atoms with Crippen LogP contribution in [0.3, 0.4) is 0 Å². The number of nitrogens with zero attached hydrogens (tertiary/aromatic N) is 1. The molecular formula is C22H17NO6. The Kier molecular flexibility index (Phi) is 5.99. The minimum absolute atomic E-state index is 0.0636. The molecule has 0 N–H and O–H groups in total. The number of ether oxygens (including phenoxy) is 2. The lowest BCUT2D eigenvalue weighted by Gasteiger charge is -2.07. The number of nitro groups is 1. The van der Waals surface area contributed by atoms with Crippen LogP contribution in [0.25, 0.3) is 0 Å². The van der Waals surface area contributed by atoms with Gasteiger partial charge in [-0.15, -0.1) is 0 Å². The topological polar surface area (TPSA) is 95.7 Å². The van der Waals surface area contributed by atoms with Gasteiger partial charge in [-0.1, -0.05) is 36.4 Å². The summed E-state index contributed by atoms with van der Waals surface area (Å²) >= 11 is 0. The summed E-state index contributed by atoms with van der Waals surface area (Å²) in [5.74, 6) is -1.02. The molecule has 0 aliphatic heterocycles. The van der Waals surface area contributed by atoms with Gasteiger partial charge >= 0.3 is 11.9 Å². The lowest BCUT2D eigenvalue weighted by molar-refractivity contribution is -0.385. The normalized spacial score (nSPS) is 10.2. The second kappa shape index (κ2) is 8.79. The smallest absolute Gasteiger partial charge is 0.343 e. The van der Waals surface area contributed by atoms with Crippen molar-refractivity contribution in [2.75, 3.05) is 0 Å². The first-order valence-electron chi connectivity index (χ1n) is 8.72. The molecule has 0 fully saturated rings. The molecule has 0 saturated carbocycles. The number of aryl methyl sites for hydroxylation is 1. The number of benzene rings is 3. The molecule has 146 valence electrons. The van der Waals surface area contributed by atoms with Crippen molar-refractivity contribution in [3.63, 3.8) is 0 Å². The maximum Gasteiger partial charge on any atom is 0.343 e. The van der Waals surface area contributed by atoms with Crippen molar-refractivity contribution in [2.24, 2.45) is 0 Å². The van der Waals surface area contributed by atoms with E-state index in [0.717, 1.165) is 5.56 Å². The number of hydrogen-bond donors (Lipinski definition) is 0. The van der Waals surface area contributed by atoms with E-state index in [1.165, 1.54) is 42.5 Å². The lowest BCUT2D eigenvalue weighted by atomic mass is 10.1. The highest BCUT2D eigenvalue weighted by atomic mass is 16.6. The fourth-order valence-electron chi connectivity index (χ4n) is 2.56. The first kappa shape index (κ1) is 19.8. The van der Waals surface area contributed by atoms with E-state index in [4.69, 9.17) is 9.47 Å². The van der Waals surface area contributed by atoms with Crippen LogP contribution in [0, 0.1) is 17.0 Å². The molecule has 0 aliphatic rings. The molecule has 0 atom stereocenters. The highest BCUT2D eigenvalue weighted by Gasteiger charge is 2.17. The average molecular weight is 391 g/mol. The van der Waals surface area contributed by atoms with Gasteiger partial charge in [0, 0.05) is 11.6 Å². The molecule has 0 aliphatic carbocycles. The maximum atomic E-state index is 12.2. The van der Waals surface area contributed by atoms with E-state index in [1.807, 2.05) is 30.3 Å². The van der Waals surface area contributed by atoms with Gasteiger partial charge in [-0.25, -0.2) is 9.59 Å². The molecule has 0 unspecified atom stereocenters. The van der Waals surface area contributed by atoms with Crippen molar-refractivity contribution in [3.05, 3.63) is 105 Å². The van der Waals surface area contributed by atoms with Gasteiger partial charge in [-0.3, -0.25) is 10.1 Å². The summed E-state index contributed by atoms with van der Waals surface area (Å²) in [6.07, 6.45) is 0. The standard InChI is InChI=1S/C22H17NO6/c1-15-7-8-18(13-20(15)23(26)27)22(25)29-19-11-9-17(10-12-19)21(24)28-14-16-5-3-2-4-6-16/h2-13H,14H2,1H3. The zero-order chi connectivity index (χ0) is 20.8.